The molecular weight excluding hydrogens is 228 g/mol. The zero-order valence-corrected chi connectivity index (χ0v) is 11.1. The summed E-state index contributed by atoms with van der Waals surface area (Å²) in [7, 11) is 0. The van der Waals surface area contributed by atoms with Crippen molar-refractivity contribution in [3.8, 4) is 0 Å². The number of carbonyl (C=O) groups is 1. The van der Waals surface area contributed by atoms with Crippen LogP contribution in [0.2, 0.25) is 0 Å². The molecule has 0 spiro atoms. The maximum absolute atomic E-state index is 11.2. The molecular formula is C14H20N2O2. The van der Waals surface area contributed by atoms with Crippen LogP contribution in [0.4, 0.5) is 5.69 Å². The Morgan fingerprint density at radius 2 is 2.39 bits per heavy atom. The van der Waals surface area contributed by atoms with Crippen molar-refractivity contribution in [2.45, 2.75) is 32.8 Å². The third-order valence-electron chi connectivity index (χ3n) is 3.30. The van der Waals surface area contributed by atoms with Gasteiger partial charge in [0.05, 0.1) is 18.0 Å². The van der Waals surface area contributed by atoms with Crippen molar-refractivity contribution in [2.24, 2.45) is 0 Å². The van der Waals surface area contributed by atoms with Gasteiger partial charge in [0.1, 0.15) is 5.69 Å². The summed E-state index contributed by atoms with van der Waals surface area (Å²) >= 11 is 0. The Morgan fingerprint density at radius 1 is 1.56 bits per heavy atom. The molecule has 0 N–H and O–H groups in total. The number of likely N-dealkylation sites (N-methyl/N-ethyl adjacent to an activating group) is 1. The van der Waals surface area contributed by atoms with E-state index in [9.17, 15) is 4.79 Å². The number of ketones is 1. The molecule has 0 saturated carbocycles. The molecule has 18 heavy (non-hydrogen) atoms. The standard InChI is InChI=1S/C14H20N2O2/c1-3-16(10-13-5-4-8-18-13)12-6-7-14(11(2)17)15-9-12/h6-7,9,13H,3-5,8,10H2,1-2H3. The van der Waals surface area contributed by atoms with Crippen LogP contribution in [-0.2, 0) is 4.74 Å². The summed E-state index contributed by atoms with van der Waals surface area (Å²) < 4.78 is 5.65. The van der Waals surface area contributed by atoms with Gasteiger partial charge in [-0.3, -0.25) is 9.78 Å². The first-order valence-corrected chi connectivity index (χ1v) is 6.54. The van der Waals surface area contributed by atoms with Crippen LogP contribution in [0.15, 0.2) is 18.3 Å². The number of pyridine rings is 1. The molecule has 1 aliphatic rings. The fraction of sp³-hybridized carbons (Fsp3) is 0.571. The Kier molecular flexibility index (Phi) is 4.31. The lowest BCUT2D eigenvalue weighted by Crippen LogP contribution is -2.32. The van der Waals surface area contributed by atoms with Gasteiger partial charge in [0.25, 0.3) is 0 Å². The van der Waals surface area contributed by atoms with E-state index in [-0.39, 0.29) is 5.78 Å². The van der Waals surface area contributed by atoms with Crippen LogP contribution in [0.3, 0.4) is 0 Å². The van der Waals surface area contributed by atoms with Gasteiger partial charge >= 0.3 is 0 Å². The van der Waals surface area contributed by atoms with Crippen LogP contribution < -0.4 is 4.90 Å². The van der Waals surface area contributed by atoms with Crippen LogP contribution in [0.25, 0.3) is 0 Å². The van der Waals surface area contributed by atoms with Gasteiger partial charge in [0.2, 0.25) is 0 Å². The van der Waals surface area contributed by atoms with Gasteiger partial charge in [0, 0.05) is 26.6 Å². The summed E-state index contributed by atoms with van der Waals surface area (Å²) in [5.41, 5.74) is 1.57. The Bertz CT molecular complexity index is 397. The average Bonchev–Trinajstić information content (AvgIpc) is 2.89. The number of rotatable bonds is 5. The van der Waals surface area contributed by atoms with Gasteiger partial charge in [-0.05, 0) is 31.9 Å². The lowest BCUT2D eigenvalue weighted by Gasteiger charge is -2.25. The van der Waals surface area contributed by atoms with E-state index in [4.69, 9.17) is 4.74 Å². The SMILES string of the molecule is CCN(CC1CCCO1)c1ccc(C(C)=O)nc1. The van der Waals surface area contributed by atoms with Crippen molar-refractivity contribution in [2.75, 3.05) is 24.6 Å². The molecule has 1 aromatic heterocycles. The third-order valence-corrected chi connectivity index (χ3v) is 3.30. The van der Waals surface area contributed by atoms with Gasteiger partial charge in [0.15, 0.2) is 5.78 Å². The van der Waals surface area contributed by atoms with Crippen molar-refractivity contribution in [1.82, 2.24) is 4.98 Å². The van der Waals surface area contributed by atoms with Crippen LogP contribution in [0, 0.1) is 0 Å². The number of Topliss-reactive ketones (excluding diaryl/α,β-unsaturated/α-hetero) is 1. The van der Waals surface area contributed by atoms with Gasteiger partial charge in [-0.25, -0.2) is 0 Å². The summed E-state index contributed by atoms with van der Waals surface area (Å²) in [6.07, 6.45) is 4.39. The molecule has 0 aromatic carbocycles. The number of hydrogen-bond acceptors (Lipinski definition) is 4. The summed E-state index contributed by atoms with van der Waals surface area (Å²) in [5, 5.41) is 0. The normalized spacial score (nSPS) is 18.9. The van der Waals surface area contributed by atoms with Gasteiger partial charge < -0.3 is 9.64 Å². The van der Waals surface area contributed by atoms with E-state index in [1.54, 1.807) is 12.3 Å². The molecule has 0 amide bonds. The van der Waals surface area contributed by atoms with Crippen LogP contribution >= 0.6 is 0 Å². The van der Waals surface area contributed by atoms with E-state index < -0.39 is 0 Å². The zero-order valence-electron chi connectivity index (χ0n) is 11.1. The molecule has 2 rings (SSSR count). The predicted octanol–water partition coefficient (Wildman–Crippen LogP) is 2.29. The Balaban J connectivity index is 2.04. The molecule has 1 aliphatic heterocycles. The first-order valence-electron chi connectivity index (χ1n) is 6.54. The molecule has 1 atom stereocenters. The monoisotopic (exact) mass is 248 g/mol. The number of nitrogens with zero attached hydrogens (tertiary/aromatic N) is 2. The van der Waals surface area contributed by atoms with E-state index >= 15 is 0 Å². The molecule has 1 fully saturated rings. The van der Waals surface area contributed by atoms with Crippen molar-refractivity contribution >= 4 is 11.5 Å². The molecule has 1 unspecified atom stereocenters. The minimum absolute atomic E-state index is 0.00345. The molecule has 1 saturated heterocycles. The van der Waals surface area contributed by atoms with Gasteiger partial charge in [-0.15, -0.1) is 0 Å². The van der Waals surface area contributed by atoms with E-state index in [1.807, 2.05) is 6.07 Å². The third kappa shape index (κ3) is 3.07. The van der Waals surface area contributed by atoms with Crippen LogP contribution in [-0.4, -0.2) is 36.6 Å². The molecule has 0 radical (unpaired) electrons. The van der Waals surface area contributed by atoms with E-state index in [2.05, 4.69) is 16.8 Å². The molecule has 4 nitrogen and oxygen atoms in total. The van der Waals surface area contributed by atoms with Gasteiger partial charge in [-0.2, -0.15) is 0 Å². The lowest BCUT2D eigenvalue weighted by molar-refractivity contribution is 0.101. The lowest BCUT2D eigenvalue weighted by atomic mass is 10.2. The highest BCUT2D eigenvalue weighted by Gasteiger charge is 2.18. The predicted molar refractivity (Wildman–Crippen MR) is 71.1 cm³/mol. The molecule has 98 valence electrons. The second-order valence-corrected chi connectivity index (χ2v) is 4.63. The van der Waals surface area contributed by atoms with Crippen LogP contribution in [0.5, 0.6) is 0 Å². The number of aromatic nitrogens is 1. The molecule has 0 aliphatic carbocycles. The van der Waals surface area contributed by atoms with Gasteiger partial charge in [-0.1, -0.05) is 0 Å². The van der Waals surface area contributed by atoms with Crippen molar-refractivity contribution < 1.29 is 9.53 Å². The highest BCUT2D eigenvalue weighted by molar-refractivity contribution is 5.92. The van der Waals surface area contributed by atoms with Crippen molar-refractivity contribution in [3.63, 3.8) is 0 Å². The minimum atomic E-state index is 0.00345. The summed E-state index contributed by atoms with van der Waals surface area (Å²) in [4.78, 5) is 17.6. The quantitative estimate of drug-likeness (QED) is 0.750. The number of hydrogen-bond donors (Lipinski definition) is 0. The highest BCUT2D eigenvalue weighted by atomic mass is 16.5. The zero-order chi connectivity index (χ0) is 13.0. The summed E-state index contributed by atoms with van der Waals surface area (Å²) in [6.45, 7) is 6.35. The van der Waals surface area contributed by atoms with Crippen molar-refractivity contribution in [3.05, 3.63) is 24.0 Å². The Labute approximate surface area is 108 Å². The van der Waals surface area contributed by atoms with E-state index in [0.29, 0.717) is 11.8 Å². The number of ether oxygens (including phenoxy) is 1. The fourth-order valence-electron chi connectivity index (χ4n) is 2.23. The maximum Gasteiger partial charge on any atom is 0.178 e. The largest absolute Gasteiger partial charge is 0.376 e. The maximum atomic E-state index is 11.2. The number of anilines is 1. The van der Waals surface area contributed by atoms with E-state index in [0.717, 1.165) is 38.2 Å². The first kappa shape index (κ1) is 13.0. The second-order valence-electron chi connectivity index (χ2n) is 4.63. The van der Waals surface area contributed by atoms with E-state index in [1.165, 1.54) is 6.92 Å². The molecule has 1 aromatic rings. The minimum Gasteiger partial charge on any atom is -0.376 e. The topological polar surface area (TPSA) is 42.4 Å². The smallest absolute Gasteiger partial charge is 0.178 e. The highest BCUT2D eigenvalue weighted by Crippen LogP contribution is 2.18. The second kappa shape index (κ2) is 5.96. The molecule has 0 bridgehead atoms. The summed E-state index contributed by atoms with van der Waals surface area (Å²) in [5.74, 6) is 0.00345. The average molecular weight is 248 g/mol. The number of carbonyl (C=O) groups excluding carboxylic acids is 1. The summed E-state index contributed by atoms with van der Waals surface area (Å²) in [6, 6.07) is 3.75. The fourth-order valence-corrected chi connectivity index (χ4v) is 2.23. The van der Waals surface area contributed by atoms with Crippen molar-refractivity contribution in [1.29, 1.82) is 0 Å². The Hall–Kier alpha value is -1.42. The molecule has 4 heteroatoms. The Morgan fingerprint density at radius 3 is 2.89 bits per heavy atom. The van der Waals surface area contributed by atoms with Crippen LogP contribution in [0.1, 0.15) is 37.2 Å². The first-order chi connectivity index (χ1) is 8.70. The molecule has 2 heterocycles.